The Hall–Kier alpha value is -2.35. The van der Waals surface area contributed by atoms with Crippen molar-refractivity contribution in [1.29, 1.82) is 0 Å². The molecule has 1 heterocycles. The molecule has 0 bridgehead atoms. The second-order valence-electron chi connectivity index (χ2n) is 5.42. The molecule has 0 spiro atoms. The number of nitrogens with one attached hydrogen (secondary N) is 1. The van der Waals surface area contributed by atoms with Crippen LogP contribution in [0.3, 0.4) is 0 Å². The van der Waals surface area contributed by atoms with Gasteiger partial charge in [-0.1, -0.05) is 41.4 Å². The fraction of sp³-hybridized carbons (Fsp3) is 0.0588. The van der Waals surface area contributed by atoms with E-state index in [0.29, 0.717) is 11.4 Å². The third-order valence-corrected chi connectivity index (χ3v) is 5.95. The van der Waals surface area contributed by atoms with E-state index in [0.717, 1.165) is 5.56 Å². The smallest absolute Gasteiger partial charge is 0.266 e. The number of halogens is 2. The van der Waals surface area contributed by atoms with Crippen LogP contribution in [0.15, 0.2) is 64.3 Å². The number of sulfonamides is 1. The molecule has 1 aromatic heterocycles. The quantitative estimate of drug-likeness (QED) is 0.713. The van der Waals surface area contributed by atoms with Crippen molar-refractivity contribution < 1.29 is 8.42 Å². The predicted molar refractivity (Wildman–Crippen MR) is 102 cm³/mol. The van der Waals surface area contributed by atoms with Gasteiger partial charge < -0.3 is 0 Å². The topological polar surface area (TPSA) is 81.1 Å². The molecule has 26 heavy (non-hydrogen) atoms. The van der Waals surface area contributed by atoms with Crippen LogP contribution < -0.4 is 10.3 Å². The van der Waals surface area contributed by atoms with Crippen molar-refractivity contribution in [3.63, 3.8) is 0 Å². The van der Waals surface area contributed by atoms with Gasteiger partial charge in [0.1, 0.15) is 4.90 Å². The summed E-state index contributed by atoms with van der Waals surface area (Å²) in [5, 5.41) is 4.27. The summed E-state index contributed by atoms with van der Waals surface area (Å²) in [5.41, 5.74) is 1.48. The number of anilines is 1. The van der Waals surface area contributed by atoms with E-state index in [1.807, 2.05) is 0 Å². The van der Waals surface area contributed by atoms with Crippen LogP contribution in [-0.2, 0) is 17.1 Å². The van der Waals surface area contributed by atoms with Gasteiger partial charge in [-0.25, -0.2) is 13.1 Å². The van der Waals surface area contributed by atoms with Crippen molar-refractivity contribution in [3.8, 4) is 11.3 Å². The number of hydrogen-bond acceptors (Lipinski definition) is 4. The normalized spacial score (nSPS) is 11.3. The Morgan fingerprint density at radius 1 is 1.00 bits per heavy atom. The number of benzene rings is 2. The molecule has 6 nitrogen and oxygen atoms in total. The van der Waals surface area contributed by atoms with Crippen molar-refractivity contribution in [2.45, 2.75) is 4.90 Å². The fourth-order valence-electron chi connectivity index (χ4n) is 2.27. The lowest BCUT2D eigenvalue weighted by Crippen LogP contribution is -2.18. The van der Waals surface area contributed by atoms with Crippen molar-refractivity contribution in [2.24, 2.45) is 7.05 Å². The third-order valence-electron chi connectivity index (χ3n) is 3.60. The zero-order chi connectivity index (χ0) is 18.9. The van der Waals surface area contributed by atoms with Crippen molar-refractivity contribution in [1.82, 2.24) is 9.78 Å². The van der Waals surface area contributed by atoms with Crippen LogP contribution in [0.1, 0.15) is 0 Å². The molecule has 0 radical (unpaired) electrons. The molecular formula is C17H13Cl2N3O3S. The molecule has 0 fully saturated rings. The van der Waals surface area contributed by atoms with Crippen molar-refractivity contribution in [3.05, 3.63) is 75.0 Å². The molecule has 0 aliphatic rings. The molecule has 0 atom stereocenters. The summed E-state index contributed by atoms with van der Waals surface area (Å²) in [7, 11) is -2.33. The molecule has 0 unspecified atom stereocenters. The number of aryl methyl sites for hydroxylation is 1. The third kappa shape index (κ3) is 3.75. The Morgan fingerprint density at radius 2 is 1.69 bits per heavy atom. The van der Waals surface area contributed by atoms with Gasteiger partial charge in [0.25, 0.3) is 15.6 Å². The Labute approximate surface area is 160 Å². The second-order valence-corrected chi connectivity index (χ2v) is 7.85. The minimum Gasteiger partial charge on any atom is -0.280 e. The predicted octanol–water partition coefficient (Wildman–Crippen LogP) is 3.55. The fourth-order valence-corrected chi connectivity index (χ4v) is 4.09. The maximum Gasteiger partial charge on any atom is 0.266 e. The van der Waals surface area contributed by atoms with Gasteiger partial charge in [-0.3, -0.25) is 9.52 Å². The van der Waals surface area contributed by atoms with E-state index in [-0.39, 0.29) is 20.5 Å². The van der Waals surface area contributed by atoms with Crippen molar-refractivity contribution >= 4 is 38.9 Å². The standard InChI is InChI=1S/C17H13Cl2N3O3S/c1-22-16(23)10-9-14(20-22)11-5-7-12(8-6-11)21-26(24,25)15-4-2-3-13(18)17(15)19/h2-10,21H,1H3. The van der Waals surface area contributed by atoms with E-state index in [1.54, 1.807) is 37.4 Å². The molecule has 0 amide bonds. The first-order valence-electron chi connectivity index (χ1n) is 7.39. The Balaban J connectivity index is 1.88. The molecule has 3 aromatic rings. The summed E-state index contributed by atoms with van der Waals surface area (Å²) in [6.45, 7) is 0. The van der Waals surface area contributed by atoms with Gasteiger partial charge in [-0.15, -0.1) is 0 Å². The van der Waals surface area contributed by atoms with Crippen molar-refractivity contribution in [2.75, 3.05) is 4.72 Å². The highest BCUT2D eigenvalue weighted by atomic mass is 35.5. The average molecular weight is 410 g/mol. The zero-order valence-corrected chi connectivity index (χ0v) is 15.8. The average Bonchev–Trinajstić information content (AvgIpc) is 2.60. The Bertz CT molecular complexity index is 1130. The molecule has 3 rings (SSSR count). The molecule has 0 saturated carbocycles. The van der Waals surface area contributed by atoms with Crippen LogP contribution in [0.4, 0.5) is 5.69 Å². The first-order valence-corrected chi connectivity index (χ1v) is 9.63. The van der Waals surface area contributed by atoms with Crippen LogP contribution >= 0.6 is 23.2 Å². The summed E-state index contributed by atoms with van der Waals surface area (Å²) in [5.74, 6) is 0. The van der Waals surface area contributed by atoms with Crippen LogP contribution in [-0.4, -0.2) is 18.2 Å². The second kappa shape index (κ2) is 7.11. The monoisotopic (exact) mass is 409 g/mol. The molecule has 2 aromatic carbocycles. The SMILES string of the molecule is Cn1nc(-c2ccc(NS(=O)(=O)c3cccc(Cl)c3Cl)cc2)ccc1=O. The summed E-state index contributed by atoms with van der Waals surface area (Å²) in [6.07, 6.45) is 0. The summed E-state index contributed by atoms with van der Waals surface area (Å²) < 4.78 is 28.7. The lowest BCUT2D eigenvalue weighted by atomic mass is 10.1. The van der Waals surface area contributed by atoms with Gasteiger partial charge in [0.05, 0.1) is 15.7 Å². The van der Waals surface area contributed by atoms with E-state index >= 15 is 0 Å². The summed E-state index contributed by atoms with van der Waals surface area (Å²) in [4.78, 5) is 11.3. The number of nitrogens with zero attached hydrogens (tertiary/aromatic N) is 2. The Kier molecular flexibility index (Phi) is 5.04. The Morgan fingerprint density at radius 3 is 2.35 bits per heavy atom. The van der Waals surface area contributed by atoms with Crippen LogP contribution in [0, 0.1) is 0 Å². The van der Waals surface area contributed by atoms with Gasteiger partial charge >= 0.3 is 0 Å². The minimum absolute atomic E-state index is 0.0345. The van der Waals surface area contributed by atoms with Crippen LogP contribution in [0.2, 0.25) is 10.0 Å². The molecule has 0 aliphatic carbocycles. The molecule has 134 valence electrons. The van der Waals surface area contributed by atoms with Gasteiger partial charge in [0.2, 0.25) is 0 Å². The highest BCUT2D eigenvalue weighted by Gasteiger charge is 2.19. The highest BCUT2D eigenvalue weighted by Crippen LogP contribution is 2.30. The van der Waals surface area contributed by atoms with E-state index in [9.17, 15) is 13.2 Å². The zero-order valence-electron chi connectivity index (χ0n) is 13.5. The lowest BCUT2D eigenvalue weighted by molar-refractivity contribution is 0.601. The molecule has 0 saturated heterocycles. The maximum atomic E-state index is 12.5. The van der Waals surface area contributed by atoms with E-state index in [2.05, 4.69) is 9.82 Å². The van der Waals surface area contributed by atoms with Gasteiger partial charge in [-0.2, -0.15) is 5.10 Å². The van der Waals surface area contributed by atoms with Gasteiger partial charge in [0.15, 0.2) is 0 Å². The summed E-state index contributed by atoms with van der Waals surface area (Å²) in [6, 6.07) is 14.0. The molecule has 0 aliphatic heterocycles. The van der Waals surface area contributed by atoms with Gasteiger partial charge in [-0.05, 0) is 30.3 Å². The lowest BCUT2D eigenvalue weighted by Gasteiger charge is -2.11. The first-order chi connectivity index (χ1) is 12.3. The molecule has 9 heteroatoms. The highest BCUT2D eigenvalue weighted by molar-refractivity contribution is 7.92. The maximum absolute atomic E-state index is 12.5. The number of aromatic nitrogens is 2. The first kappa shape index (κ1) is 18.4. The van der Waals surface area contributed by atoms with Crippen LogP contribution in [0.5, 0.6) is 0 Å². The molecular weight excluding hydrogens is 397 g/mol. The summed E-state index contributed by atoms with van der Waals surface area (Å²) >= 11 is 11.9. The van der Waals surface area contributed by atoms with E-state index in [4.69, 9.17) is 23.2 Å². The van der Waals surface area contributed by atoms with E-state index in [1.165, 1.54) is 28.9 Å². The number of hydrogen-bond donors (Lipinski definition) is 1. The number of rotatable bonds is 4. The van der Waals surface area contributed by atoms with Crippen LogP contribution in [0.25, 0.3) is 11.3 Å². The minimum atomic E-state index is -3.88. The van der Waals surface area contributed by atoms with E-state index < -0.39 is 10.0 Å². The molecule has 1 N–H and O–H groups in total. The van der Waals surface area contributed by atoms with Gasteiger partial charge in [0, 0.05) is 24.4 Å². The largest absolute Gasteiger partial charge is 0.280 e.